The Morgan fingerprint density at radius 1 is 1.36 bits per heavy atom. The molecule has 1 aromatic carbocycles. The summed E-state index contributed by atoms with van der Waals surface area (Å²) in [6, 6.07) is 7.69. The maximum atomic E-state index is 12.9. The van der Waals surface area contributed by atoms with Crippen LogP contribution in [0.2, 0.25) is 5.02 Å². The van der Waals surface area contributed by atoms with Crippen molar-refractivity contribution < 1.29 is 4.79 Å². The summed E-state index contributed by atoms with van der Waals surface area (Å²) in [4.78, 5) is 14.9. The third kappa shape index (κ3) is 4.15. The Kier molecular flexibility index (Phi) is 6.72. The average Bonchev–Trinajstić information content (AvgIpc) is 2.47. The number of rotatable bonds is 3. The summed E-state index contributed by atoms with van der Waals surface area (Å²) in [6.45, 7) is 7.59. The van der Waals surface area contributed by atoms with Gasteiger partial charge in [-0.25, -0.2) is 0 Å². The minimum Gasteiger partial charge on any atom is -0.342 e. The molecule has 1 saturated heterocycles. The number of carbonyl (C=O) groups excluding carboxylic acids is 1. The first-order valence-corrected chi connectivity index (χ1v) is 8.01. The van der Waals surface area contributed by atoms with Gasteiger partial charge in [0.05, 0.1) is 5.41 Å². The zero-order valence-corrected chi connectivity index (χ0v) is 15.1. The minimum atomic E-state index is -0.537. The van der Waals surface area contributed by atoms with Crippen molar-refractivity contribution in [3.63, 3.8) is 0 Å². The van der Waals surface area contributed by atoms with E-state index in [0.29, 0.717) is 10.9 Å². The Balaban J connectivity index is 0.00000242. The van der Waals surface area contributed by atoms with Crippen LogP contribution in [0.4, 0.5) is 0 Å². The van der Waals surface area contributed by atoms with E-state index in [9.17, 15) is 4.79 Å². The SMILES string of the molecule is CC(N)C1CCCN(C(=O)C(C)(C)c2ccc(Cl)cc2)C1.Cl. The van der Waals surface area contributed by atoms with Crippen molar-refractivity contribution in [1.29, 1.82) is 0 Å². The standard InChI is InChI=1S/C17H25ClN2O.ClH/c1-12(19)13-5-4-10-20(11-13)16(21)17(2,3)14-6-8-15(18)9-7-14;/h6-9,12-13H,4-5,10-11,19H2,1-3H3;1H. The van der Waals surface area contributed by atoms with Crippen LogP contribution in [0.25, 0.3) is 0 Å². The van der Waals surface area contributed by atoms with E-state index >= 15 is 0 Å². The Morgan fingerprint density at radius 2 is 1.95 bits per heavy atom. The van der Waals surface area contributed by atoms with E-state index < -0.39 is 5.41 Å². The number of amides is 1. The number of nitrogens with zero attached hydrogens (tertiary/aromatic N) is 1. The van der Waals surface area contributed by atoms with Gasteiger partial charge in [-0.15, -0.1) is 12.4 Å². The molecule has 2 N–H and O–H groups in total. The van der Waals surface area contributed by atoms with Gasteiger partial charge in [0, 0.05) is 24.2 Å². The molecule has 1 aromatic rings. The molecular formula is C17H26Cl2N2O. The van der Waals surface area contributed by atoms with Gasteiger partial charge < -0.3 is 10.6 Å². The van der Waals surface area contributed by atoms with Gasteiger partial charge in [-0.2, -0.15) is 0 Å². The second kappa shape index (κ2) is 7.67. The van der Waals surface area contributed by atoms with Gasteiger partial charge in [0.1, 0.15) is 0 Å². The van der Waals surface area contributed by atoms with E-state index in [1.807, 2.05) is 49.9 Å². The van der Waals surface area contributed by atoms with Crippen LogP contribution in [0, 0.1) is 5.92 Å². The minimum absolute atomic E-state index is 0. The highest BCUT2D eigenvalue weighted by molar-refractivity contribution is 6.30. The van der Waals surface area contributed by atoms with Gasteiger partial charge in [-0.1, -0.05) is 23.7 Å². The smallest absolute Gasteiger partial charge is 0.232 e. The molecular weight excluding hydrogens is 319 g/mol. The summed E-state index contributed by atoms with van der Waals surface area (Å²) < 4.78 is 0. The predicted octanol–water partition coefficient (Wildman–Crippen LogP) is 3.63. The quantitative estimate of drug-likeness (QED) is 0.909. The maximum absolute atomic E-state index is 12.9. The Morgan fingerprint density at radius 3 is 2.50 bits per heavy atom. The van der Waals surface area contributed by atoms with E-state index in [1.165, 1.54) is 0 Å². The van der Waals surface area contributed by atoms with Gasteiger partial charge >= 0.3 is 0 Å². The molecule has 0 saturated carbocycles. The monoisotopic (exact) mass is 344 g/mol. The summed E-state index contributed by atoms with van der Waals surface area (Å²) in [6.07, 6.45) is 2.15. The number of halogens is 2. The molecule has 3 nitrogen and oxygen atoms in total. The fraction of sp³-hybridized carbons (Fsp3) is 0.588. The van der Waals surface area contributed by atoms with Crippen molar-refractivity contribution in [1.82, 2.24) is 4.90 Å². The summed E-state index contributed by atoms with van der Waals surface area (Å²) >= 11 is 5.93. The fourth-order valence-corrected chi connectivity index (χ4v) is 3.13. The molecule has 1 aliphatic rings. The number of likely N-dealkylation sites (tertiary alicyclic amines) is 1. The lowest BCUT2D eigenvalue weighted by Crippen LogP contribution is -2.50. The third-order valence-electron chi connectivity index (χ3n) is 4.59. The average molecular weight is 345 g/mol. The molecule has 22 heavy (non-hydrogen) atoms. The Bertz CT molecular complexity index is 500. The zero-order valence-electron chi connectivity index (χ0n) is 13.5. The number of hydrogen-bond donors (Lipinski definition) is 1. The van der Waals surface area contributed by atoms with Crippen LogP contribution in [-0.2, 0) is 10.2 Å². The normalized spacial score (nSPS) is 20.2. The molecule has 124 valence electrons. The number of carbonyl (C=O) groups is 1. The van der Waals surface area contributed by atoms with Gasteiger partial charge in [-0.3, -0.25) is 4.79 Å². The van der Waals surface area contributed by atoms with E-state index in [1.54, 1.807) is 0 Å². The second-order valence-corrected chi connectivity index (χ2v) is 7.08. The first kappa shape index (κ1) is 19.3. The van der Waals surface area contributed by atoms with Gasteiger partial charge in [-0.05, 0) is 57.2 Å². The second-order valence-electron chi connectivity index (χ2n) is 6.64. The highest BCUT2D eigenvalue weighted by Crippen LogP contribution is 2.29. The van der Waals surface area contributed by atoms with Crippen LogP contribution >= 0.6 is 24.0 Å². The summed E-state index contributed by atoms with van der Waals surface area (Å²) in [5.41, 5.74) is 6.48. The fourth-order valence-electron chi connectivity index (χ4n) is 3.01. The van der Waals surface area contributed by atoms with Gasteiger partial charge in [0.15, 0.2) is 0 Å². The van der Waals surface area contributed by atoms with Crippen molar-refractivity contribution in [3.8, 4) is 0 Å². The van der Waals surface area contributed by atoms with Crippen molar-refractivity contribution in [2.24, 2.45) is 11.7 Å². The van der Waals surface area contributed by atoms with E-state index in [0.717, 1.165) is 31.5 Å². The van der Waals surface area contributed by atoms with Gasteiger partial charge in [0.2, 0.25) is 5.91 Å². The van der Waals surface area contributed by atoms with Crippen LogP contribution in [0.3, 0.4) is 0 Å². The highest BCUT2D eigenvalue weighted by atomic mass is 35.5. The molecule has 2 unspecified atom stereocenters. The summed E-state index contributed by atoms with van der Waals surface area (Å²) in [5, 5.41) is 0.692. The number of nitrogens with two attached hydrogens (primary N) is 1. The first-order chi connectivity index (χ1) is 9.82. The van der Waals surface area contributed by atoms with E-state index in [4.69, 9.17) is 17.3 Å². The zero-order chi connectivity index (χ0) is 15.6. The Hall–Kier alpha value is -0.770. The van der Waals surface area contributed by atoms with E-state index in [-0.39, 0.29) is 24.4 Å². The first-order valence-electron chi connectivity index (χ1n) is 7.63. The molecule has 1 amide bonds. The Labute approximate surface area is 144 Å². The van der Waals surface area contributed by atoms with Crippen molar-refractivity contribution in [2.75, 3.05) is 13.1 Å². The van der Waals surface area contributed by atoms with Crippen LogP contribution in [0.1, 0.15) is 39.2 Å². The van der Waals surface area contributed by atoms with Crippen LogP contribution in [-0.4, -0.2) is 29.9 Å². The lowest BCUT2D eigenvalue weighted by Gasteiger charge is -2.39. The largest absolute Gasteiger partial charge is 0.342 e. The summed E-state index contributed by atoms with van der Waals surface area (Å²) in [7, 11) is 0. The lowest BCUT2D eigenvalue weighted by atomic mass is 9.82. The summed E-state index contributed by atoms with van der Waals surface area (Å²) in [5.74, 6) is 0.582. The number of piperidine rings is 1. The number of hydrogen-bond acceptors (Lipinski definition) is 2. The van der Waals surface area contributed by atoms with Crippen LogP contribution in [0.5, 0.6) is 0 Å². The van der Waals surface area contributed by atoms with Crippen molar-refractivity contribution in [2.45, 2.75) is 45.1 Å². The van der Waals surface area contributed by atoms with Crippen LogP contribution < -0.4 is 5.73 Å². The third-order valence-corrected chi connectivity index (χ3v) is 4.84. The molecule has 1 fully saturated rings. The molecule has 0 aromatic heterocycles. The molecule has 0 spiro atoms. The van der Waals surface area contributed by atoms with E-state index in [2.05, 4.69) is 0 Å². The molecule has 0 radical (unpaired) electrons. The van der Waals surface area contributed by atoms with Crippen molar-refractivity contribution in [3.05, 3.63) is 34.9 Å². The topological polar surface area (TPSA) is 46.3 Å². The highest BCUT2D eigenvalue weighted by Gasteiger charge is 2.36. The maximum Gasteiger partial charge on any atom is 0.232 e. The molecule has 1 heterocycles. The molecule has 2 atom stereocenters. The predicted molar refractivity (Wildman–Crippen MR) is 94.7 cm³/mol. The molecule has 0 aliphatic carbocycles. The molecule has 5 heteroatoms. The number of benzene rings is 1. The lowest BCUT2D eigenvalue weighted by molar-refractivity contribution is -0.138. The molecule has 1 aliphatic heterocycles. The van der Waals surface area contributed by atoms with Gasteiger partial charge in [0.25, 0.3) is 0 Å². The van der Waals surface area contributed by atoms with Crippen LogP contribution in [0.15, 0.2) is 24.3 Å². The van der Waals surface area contributed by atoms with Crippen molar-refractivity contribution >= 4 is 29.9 Å². The molecule has 0 bridgehead atoms. The molecule has 2 rings (SSSR count).